The molecule has 0 radical (unpaired) electrons. The maximum atomic E-state index is 8.92. The summed E-state index contributed by atoms with van der Waals surface area (Å²) in [6, 6.07) is 0. The summed E-state index contributed by atoms with van der Waals surface area (Å²) in [5, 5.41) is 20.6. The van der Waals surface area contributed by atoms with E-state index in [9.17, 15) is 0 Å². The van der Waals surface area contributed by atoms with Crippen LogP contribution in [0.3, 0.4) is 0 Å². The first kappa shape index (κ1) is 10.9. The standard InChI is InChI=1S/C8H19NO2/c1-2-3-5-9-6-4-8(11)7-10/h8-11H,2-7H2,1H3. The van der Waals surface area contributed by atoms with Crippen molar-refractivity contribution in [3.8, 4) is 0 Å². The van der Waals surface area contributed by atoms with Gasteiger partial charge in [-0.1, -0.05) is 13.3 Å². The van der Waals surface area contributed by atoms with Gasteiger partial charge in [0.25, 0.3) is 0 Å². The molecule has 0 saturated carbocycles. The maximum Gasteiger partial charge on any atom is 0.0783 e. The third-order valence-electron chi connectivity index (χ3n) is 1.57. The lowest BCUT2D eigenvalue weighted by Crippen LogP contribution is -2.23. The van der Waals surface area contributed by atoms with Crippen LogP contribution in [0.25, 0.3) is 0 Å². The molecule has 0 heterocycles. The smallest absolute Gasteiger partial charge is 0.0783 e. The lowest BCUT2D eigenvalue weighted by Gasteiger charge is -2.07. The summed E-state index contributed by atoms with van der Waals surface area (Å²) in [6.45, 7) is 3.82. The van der Waals surface area contributed by atoms with Crippen molar-refractivity contribution in [2.75, 3.05) is 19.7 Å². The zero-order valence-electron chi connectivity index (χ0n) is 7.21. The van der Waals surface area contributed by atoms with Gasteiger partial charge in [0.1, 0.15) is 0 Å². The second-order valence-corrected chi connectivity index (χ2v) is 2.73. The number of nitrogens with one attached hydrogen (secondary N) is 1. The van der Waals surface area contributed by atoms with Gasteiger partial charge in [0.05, 0.1) is 12.7 Å². The minimum Gasteiger partial charge on any atom is -0.394 e. The lowest BCUT2D eigenvalue weighted by atomic mass is 10.2. The normalized spacial score (nSPS) is 13.4. The van der Waals surface area contributed by atoms with Gasteiger partial charge in [-0.05, 0) is 25.9 Å². The molecule has 0 aliphatic rings. The van der Waals surface area contributed by atoms with Crippen molar-refractivity contribution < 1.29 is 10.2 Å². The Kier molecular flexibility index (Phi) is 7.89. The topological polar surface area (TPSA) is 52.5 Å². The average Bonchev–Trinajstić information content (AvgIpc) is 2.04. The number of aliphatic hydroxyl groups excluding tert-OH is 2. The first-order chi connectivity index (χ1) is 5.31. The molecule has 0 bridgehead atoms. The molecule has 68 valence electrons. The molecular formula is C8H19NO2. The molecule has 3 nitrogen and oxygen atoms in total. The predicted octanol–water partition coefficient (Wildman–Crippen LogP) is 0.119. The molecule has 0 rings (SSSR count). The molecule has 0 saturated heterocycles. The van der Waals surface area contributed by atoms with Crippen LogP contribution in [-0.4, -0.2) is 36.0 Å². The van der Waals surface area contributed by atoms with Crippen molar-refractivity contribution in [1.29, 1.82) is 0 Å². The summed E-state index contributed by atoms with van der Waals surface area (Å²) in [5.41, 5.74) is 0. The van der Waals surface area contributed by atoms with Crippen LogP contribution in [0, 0.1) is 0 Å². The Morgan fingerprint density at radius 3 is 2.64 bits per heavy atom. The monoisotopic (exact) mass is 161 g/mol. The molecule has 0 fully saturated rings. The summed E-state index contributed by atoms with van der Waals surface area (Å²) in [4.78, 5) is 0. The molecular weight excluding hydrogens is 142 g/mol. The van der Waals surface area contributed by atoms with Gasteiger partial charge in [-0.25, -0.2) is 0 Å². The highest BCUT2D eigenvalue weighted by atomic mass is 16.3. The Morgan fingerprint density at radius 2 is 2.09 bits per heavy atom. The van der Waals surface area contributed by atoms with Gasteiger partial charge in [0.2, 0.25) is 0 Å². The van der Waals surface area contributed by atoms with E-state index in [2.05, 4.69) is 12.2 Å². The SMILES string of the molecule is CCCCNCCC(O)CO. The Labute approximate surface area is 68.4 Å². The van der Waals surface area contributed by atoms with Gasteiger partial charge in [-0.2, -0.15) is 0 Å². The quantitative estimate of drug-likeness (QED) is 0.465. The van der Waals surface area contributed by atoms with Crippen LogP contribution in [0.1, 0.15) is 26.2 Å². The molecule has 1 unspecified atom stereocenters. The Balaban J connectivity index is 2.89. The lowest BCUT2D eigenvalue weighted by molar-refractivity contribution is 0.0883. The maximum absolute atomic E-state index is 8.92. The van der Waals surface area contributed by atoms with E-state index in [-0.39, 0.29) is 6.61 Å². The first-order valence-corrected chi connectivity index (χ1v) is 4.31. The minimum atomic E-state index is -0.552. The fourth-order valence-corrected chi connectivity index (χ4v) is 0.787. The van der Waals surface area contributed by atoms with E-state index in [4.69, 9.17) is 10.2 Å². The molecule has 3 N–H and O–H groups in total. The number of rotatable bonds is 7. The van der Waals surface area contributed by atoms with Crippen molar-refractivity contribution in [2.24, 2.45) is 0 Å². The van der Waals surface area contributed by atoms with Crippen LogP contribution in [0.15, 0.2) is 0 Å². The van der Waals surface area contributed by atoms with Crippen molar-refractivity contribution in [2.45, 2.75) is 32.3 Å². The summed E-state index contributed by atoms with van der Waals surface area (Å²) in [5.74, 6) is 0. The third-order valence-corrected chi connectivity index (χ3v) is 1.57. The van der Waals surface area contributed by atoms with Gasteiger partial charge < -0.3 is 15.5 Å². The Bertz CT molecular complexity index is 78.5. The van der Waals surface area contributed by atoms with Crippen molar-refractivity contribution in [3.63, 3.8) is 0 Å². The summed E-state index contributed by atoms with van der Waals surface area (Å²) >= 11 is 0. The predicted molar refractivity (Wildman–Crippen MR) is 45.5 cm³/mol. The fourth-order valence-electron chi connectivity index (χ4n) is 0.787. The van der Waals surface area contributed by atoms with E-state index >= 15 is 0 Å². The van der Waals surface area contributed by atoms with Crippen LogP contribution in [0.5, 0.6) is 0 Å². The van der Waals surface area contributed by atoms with Crippen LogP contribution in [-0.2, 0) is 0 Å². The van der Waals surface area contributed by atoms with Gasteiger partial charge >= 0.3 is 0 Å². The third kappa shape index (κ3) is 7.78. The van der Waals surface area contributed by atoms with Gasteiger partial charge in [-0.3, -0.25) is 0 Å². The second-order valence-electron chi connectivity index (χ2n) is 2.73. The number of aliphatic hydroxyl groups is 2. The largest absolute Gasteiger partial charge is 0.394 e. The van der Waals surface area contributed by atoms with E-state index in [1.807, 2.05) is 0 Å². The Morgan fingerprint density at radius 1 is 1.36 bits per heavy atom. The fraction of sp³-hybridized carbons (Fsp3) is 1.00. The van der Waals surface area contributed by atoms with Crippen LogP contribution in [0.2, 0.25) is 0 Å². The van der Waals surface area contributed by atoms with Crippen molar-refractivity contribution >= 4 is 0 Å². The first-order valence-electron chi connectivity index (χ1n) is 4.31. The van der Waals surface area contributed by atoms with E-state index in [0.29, 0.717) is 6.42 Å². The second kappa shape index (κ2) is 7.98. The minimum absolute atomic E-state index is 0.130. The zero-order valence-corrected chi connectivity index (χ0v) is 7.21. The van der Waals surface area contributed by atoms with Gasteiger partial charge in [0, 0.05) is 0 Å². The van der Waals surface area contributed by atoms with E-state index in [1.54, 1.807) is 0 Å². The Hall–Kier alpha value is -0.120. The zero-order chi connectivity index (χ0) is 8.53. The molecule has 11 heavy (non-hydrogen) atoms. The molecule has 0 spiro atoms. The molecule has 0 aromatic carbocycles. The average molecular weight is 161 g/mol. The van der Waals surface area contributed by atoms with Crippen LogP contribution < -0.4 is 5.32 Å². The number of hydrogen-bond donors (Lipinski definition) is 3. The molecule has 0 amide bonds. The van der Waals surface area contributed by atoms with Gasteiger partial charge in [-0.15, -0.1) is 0 Å². The summed E-state index contributed by atoms with van der Waals surface area (Å²) in [6.07, 6.45) is 2.45. The van der Waals surface area contributed by atoms with Crippen molar-refractivity contribution in [1.82, 2.24) is 5.32 Å². The number of unbranched alkanes of at least 4 members (excludes halogenated alkanes) is 1. The molecule has 0 aliphatic carbocycles. The highest BCUT2D eigenvalue weighted by molar-refractivity contribution is 4.55. The van der Waals surface area contributed by atoms with Crippen LogP contribution in [0.4, 0.5) is 0 Å². The van der Waals surface area contributed by atoms with Gasteiger partial charge in [0.15, 0.2) is 0 Å². The van der Waals surface area contributed by atoms with E-state index in [0.717, 1.165) is 13.1 Å². The summed E-state index contributed by atoms with van der Waals surface area (Å²) < 4.78 is 0. The highest BCUT2D eigenvalue weighted by Crippen LogP contribution is 1.88. The van der Waals surface area contributed by atoms with E-state index in [1.165, 1.54) is 12.8 Å². The van der Waals surface area contributed by atoms with Crippen molar-refractivity contribution in [3.05, 3.63) is 0 Å². The molecule has 3 heteroatoms. The van der Waals surface area contributed by atoms with E-state index < -0.39 is 6.10 Å². The molecule has 1 atom stereocenters. The highest BCUT2D eigenvalue weighted by Gasteiger charge is 1.99. The molecule has 0 aromatic rings. The van der Waals surface area contributed by atoms with Crippen LogP contribution >= 0.6 is 0 Å². The molecule has 0 aromatic heterocycles. The number of hydrogen-bond acceptors (Lipinski definition) is 3. The summed E-state index contributed by atoms with van der Waals surface area (Å²) in [7, 11) is 0. The molecule has 0 aliphatic heterocycles.